The van der Waals surface area contributed by atoms with Gasteiger partial charge in [0.15, 0.2) is 6.61 Å². The first kappa shape index (κ1) is 18.5. The second-order valence-corrected chi connectivity index (χ2v) is 6.82. The SMILES string of the molecule is CC(C)(O)c1cn2cc(Cl)cc(-c3ccccc3OCC(F)(F)F)c2n1. The number of imidazole rings is 1. The van der Waals surface area contributed by atoms with E-state index in [4.69, 9.17) is 16.3 Å². The molecule has 26 heavy (non-hydrogen) atoms. The van der Waals surface area contributed by atoms with Crippen LogP contribution in [0.4, 0.5) is 13.2 Å². The molecule has 3 rings (SSSR count). The van der Waals surface area contributed by atoms with E-state index < -0.39 is 18.4 Å². The largest absolute Gasteiger partial charge is 0.483 e. The van der Waals surface area contributed by atoms with Gasteiger partial charge in [-0.1, -0.05) is 29.8 Å². The fraction of sp³-hybridized carbons (Fsp3) is 0.278. The highest BCUT2D eigenvalue weighted by atomic mass is 35.5. The summed E-state index contributed by atoms with van der Waals surface area (Å²) in [6, 6.07) is 7.97. The Balaban J connectivity index is 2.15. The Labute approximate surface area is 152 Å². The van der Waals surface area contributed by atoms with Crippen LogP contribution in [0.3, 0.4) is 0 Å². The van der Waals surface area contributed by atoms with E-state index in [9.17, 15) is 18.3 Å². The Hall–Kier alpha value is -2.25. The Morgan fingerprint density at radius 1 is 1.15 bits per heavy atom. The molecular formula is C18H16ClF3N2O2. The van der Waals surface area contributed by atoms with Gasteiger partial charge in [-0.3, -0.25) is 0 Å². The molecule has 0 aliphatic carbocycles. The van der Waals surface area contributed by atoms with E-state index in [0.717, 1.165) is 0 Å². The summed E-state index contributed by atoms with van der Waals surface area (Å²) in [7, 11) is 0. The second-order valence-electron chi connectivity index (χ2n) is 6.39. The van der Waals surface area contributed by atoms with Crippen molar-refractivity contribution < 1.29 is 23.0 Å². The minimum Gasteiger partial charge on any atom is -0.483 e. The fourth-order valence-corrected chi connectivity index (χ4v) is 2.75. The van der Waals surface area contributed by atoms with Crippen molar-refractivity contribution in [2.24, 2.45) is 0 Å². The number of rotatable bonds is 4. The molecule has 8 heteroatoms. The van der Waals surface area contributed by atoms with Crippen LogP contribution in [0.5, 0.6) is 5.75 Å². The molecule has 0 amide bonds. The molecular weight excluding hydrogens is 369 g/mol. The third-order valence-electron chi connectivity index (χ3n) is 3.71. The molecule has 0 spiro atoms. The zero-order valence-electron chi connectivity index (χ0n) is 14.0. The lowest BCUT2D eigenvalue weighted by molar-refractivity contribution is -0.153. The number of hydrogen-bond acceptors (Lipinski definition) is 3. The van der Waals surface area contributed by atoms with E-state index in [1.54, 1.807) is 54.9 Å². The van der Waals surface area contributed by atoms with Crippen molar-refractivity contribution in [1.82, 2.24) is 9.38 Å². The van der Waals surface area contributed by atoms with Gasteiger partial charge in [-0.05, 0) is 26.0 Å². The van der Waals surface area contributed by atoms with Crippen molar-refractivity contribution in [1.29, 1.82) is 0 Å². The highest BCUT2D eigenvalue weighted by Gasteiger charge is 2.29. The molecule has 2 aromatic heterocycles. The van der Waals surface area contributed by atoms with Crippen molar-refractivity contribution in [3.8, 4) is 16.9 Å². The second kappa shape index (κ2) is 6.48. The normalized spacial score (nSPS) is 12.6. The number of pyridine rings is 1. The van der Waals surface area contributed by atoms with E-state index in [-0.39, 0.29) is 5.75 Å². The summed E-state index contributed by atoms with van der Waals surface area (Å²) in [5.41, 5.74) is 0.620. The lowest BCUT2D eigenvalue weighted by Crippen LogP contribution is -2.19. The molecule has 0 aliphatic heterocycles. The third-order valence-corrected chi connectivity index (χ3v) is 3.92. The Kier molecular flexibility index (Phi) is 4.62. The topological polar surface area (TPSA) is 46.8 Å². The number of nitrogens with zero attached hydrogens (tertiary/aromatic N) is 2. The Morgan fingerprint density at radius 2 is 1.85 bits per heavy atom. The molecule has 3 aromatic rings. The number of hydrogen-bond donors (Lipinski definition) is 1. The van der Waals surface area contributed by atoms with Crippen LogP contribution in [0, 0.1) is 0 Å². The Morgan fingerprint density at radius 3 is 2.50 bits per heavy atom. The van der Waals surface area contributed by atoms with Crippen molar-refractivity contribution in [2.45, 2.75) is 25.6 Å². The van der Waals surface area contributed by atoms with Crippen LogP contribution in [0.25, 0.3) is 16.8 Å². The van der Waals surface area contributed by atoms with E-state index in [1.165, 1.54) is 6.07 Å². The molecule has 1 N–H and O–H groups in total. The maximum absolute atomic E-state index is 12.5. The number of aliphatic hydroxyl groups is 1. The van der Waals surface area contributed by atoms with Crippen molar-refractivity contribution in [3.63, 3.8) is 0 Å². The summed E-state index contributed by atoms with van der Waals surface area (Å²) in [4.78, 5) is 4.43. The standard InChI is InChI=1S/C18H16ClF3N2O2/c1-17(2,25)15-9-24-8-11(19)7-13(16(24)23-15)12-5-3-4-6-14(12)26-10-18(20,21)22/h3-9,25H,10H2,1-2H3. The Bertz CT molecular complexity index is 946. The van der Waals surface area contributed by atoms with Crippen LogP contribution in [0.1, 0.15) is 19.5 Å². The molecule has 0 radical (unpaired) electrons. The minimum atomic E-state index is -4.45. The summed E-state index contributed by atoms with van der Waals surface area (Å²) >= 11 is 6.17. The van der Waals surface area contributed by atoms with Gasteiger partial charge in [-0.25, -0.2) is 4.98 Å². The lowest BCUT2D eigenvalue weighted by atomic mass is 10.1. The molecule has 0 saturated heterocycles. The van der Waals surface area contributed by atoms with Crippen LogP contribution in [0.15, 0.2) is 42.7 Å². The molecule has 0 unspecified atom stereocenters. The van der Waals surface area contributed by atoms with Gasteiger partial charge >= 0.3 is 6.18 Å². The first-order valence-corrected chi connectivity index (χ1v) is 8.12. The zero-order valence-corrected chi connectivity index (χ0v) is 14.8. The fourth-order valence-electron chi connectivity index (χ4n) is 2.53. The highest BCUT2D eigenvalue weighted by molar-refractivity contribution is 6.31. The van der Waals surface area contributed by atoms with Crippen LogP contribution < -0.4 is 4.74 Å². The highest BCUT2D eigenvalue weighted by Crippen LogP contribution is 2.36. The molecule has 0 bridgehead atoms. The summed E-state index contributed by atoms with van der Waals surface area (Å²) in [6.45, 7) is 1.79. The van der Waals surface area contributed by atoms with E-state index in [0.29, 0.717) is 27.5 Å². The number of fused-ring (bicyclic) bond motifs is 1. The average molecular weight is 385 g/mol. The van der Waals surface area contributed by atoms with Gasteiger partial charge in [-0.2, -0.15) is 13.2 Å². The molecule has 1 aromatic carbocycles. The summed E-state index contributed by atoms with van der Waals surface area (Å²) in [6.07, 6.45) is -1.20. The summed E-state index contributed by atoms with van der Waals surface area (Å²) < 4.78 is 44.2. The quantitative estimate of drug-likeness (QED) is 0.701. The smallest absolute Gasteiger partial charge is 0.422 e. The third kappa shape index (κ3) is 3.94. The number of aromatic nitrogens is 2. The van der Waals surface area contributed by atoms with Crippen molar-refractivity contribution in [3.05, 3.63) is 53.4 Å². The molecule has 0 aliphatic rings. The van der Waals surface area contributed by atoms with Gasteiger partial charge in [0, 0.05) is 23.5 Å². The molecule has 2 heterocycles. The summed E-state index contributed by atoms with van der Waals surface area (Å²) in [5.74, 6) is 0.0711. The van der Waals surface area contributed by atoms with E-state index >= 15 is 0 Å². The maximum Gasteiger partial charge on any atom is 0.422 e. The van der Waals surface area contributed by atoms with Crippen molar-refractivity contribution >= 4 is 17.2 Å². The monoisotopic (exact) mass is 384 g/mol. The summed E-state index contributed by atoms with van der Waals surface area (Å²) in [5, 5.41) is 10.6. The molecule has 4 nitrogen and oxygen atoms in total. The molecule has 0 fully saturated rings. The van der Waals surface area contributed by atoms with Crippen LogP contribution >= 0.6 is 11.6 Å². The van der Waals surface area contributed by atoms with E-state index in [1.807, 2.05) is 0 Å². The van der Waals surface area contributed by atoms with Crippen LogP contribution in [-0.4, -0.2) is 27.3 Å². The number of para-hydroxylation sites is 1. The van der Waals surface area contributed by atoms with Crippen LogP contribution in [0.2, 0.25) is 5.02 Å². The van der Waals surface area contributed by atoms with Gasteiger partial charge < -0.3 is 14.2 Å². The van der Waals surface area contributed by atoms with Gasteiger partial charge in [0.1, 0.15) is 17.0 Å². The maximum atomic E-state index is 12.5. The van der Waals surface area contributed by atoms with Gasteiger partial charge in [0.2, 0.25) is 0 Å². The molecule has 138 valence electrons. The first-order chi connectivity index (χ1) is 12.0. The lowest BCUT2D eigenvalue weighted by Gasteiger charge is -2.14. The number of ether oxygens (including phenoxy) is 1. The predicted molar refractivity (Wildman–Crippen MR) is 92.4 cm³/mol. The van der Waals surface area contributed by atoms with Crippen molar-refractivity contribution in [2.75, 3.05) is 6.61 Å². The predicted octanol–water partition coefficient (Wildman–Crippen LogP) is 4.82. The van der Waals surface area contributed by atoms with Gasteiger partial charge in [0.05, 0.1) is 10.7 Å². The van der Waals surface area contributed by atoms with Gasteiger partial charge in [-0.15, -0.1) is 0 Å². The van der Waals surface area contributed by atoms with Crippen LogP contribution in [-0.2, 0) is 5.60 Å². The zero-order chi connectivity index (χ0) is 19.1. The van der Waals surface area contributed by atoms with E-state index in [2.05, 4.69) is 4.98 Å². The minimum absolute atomic E-state index is 0.0711. The average Bonchev–Trinajstić information content (AvgIpc) is 2.96. The number of alkyl halides is 3. The van der Waals surface area contributed by atoms with Gasteiger partial charge in [0.25, 0.3) is 0 Å². The number of benzene rings is 1. The first-order valence-electron chi connectivity index (χ1n) is 7.75. The molecule has 0 saturated carbocycles. The molecule has 0 atom stereocenters. The number of halogens is 4.